The first-order valence-corrected chi connectivity index (χ1v) is 7.53. The number of thiophene rings is 1. The van der Waals surface area contributed by atoms with Gasteiger partial charge in [0.25, 0.3) is 5.91 Å². The number of hydrogen-bond acceptors (Lipinski definition) is 3. The second-order valence-electron chi connectivity index (χ2n) is 4.56. The summed E-state index contributed by atoms with van der Waals surface area (Å²) in [6, 6.07) is 17.4. The third kappa shape index (κ3) is 3.35. The lowest BCUT2D eigenvalue weighted by molar-refractivity contribution is 0.0950. The fourth-order valence-electron chi connectivity index (χ4n) is 2.00. The number of rotatable bonds is 4. The summed E-state index contributed by atoms with van der Waals surface area (Å²) in [6.07, 6.45) is 1.72. The quantitative estimate of drug-likeness (QED) is 0.796. The zero-order valence-corrected chi connectivity index (χ0v) is 12.1. The molecule has 0 spiro atoms. The lowest BCUT2D eigenvalue weighted by atomic mass is 10.1. The topological polar surface area (TPSA) is 42.0 Å². The van der Waals surface area contributed by atoms with Gasteiger partial charge in [0.05, 0.1) is 12.2 Å². The zero-order chi connectivity index (χ0) is 14.5. The maximum absolute atomic E-state index is 12.1. The Morgan fingerprint density at radius 1 is 1.05 bits per heavy atom. The summed E-state index contributed by atoms with van der Waals surface area (Å²) in [4.78, 5) is 17.5. The molecule has 2 heterocycles. The highest BCUT2D eigenvalue weighted by Gasteiger charge is 2.06. The average molecular weight is 294 g/mol. The predicted octanol–water partition coefficient (Wildman–Crippen LogP) is 3.74. The highest BCUT2D eigenvalue weighted by molar-refractivity contribution is 7.13. The summed E-state index contributed by atoms with van der Waals surface area (Å²) in [7, 11) is 0. The first kappa shape index (κ1) is 13.5. The Kier molecular flexibility index (Phi) is 4.07. The van der Waals surface area contributed by atoms with Crippen molar-refractivity contribution in [2.24, 2.45) is 0 Å². The third-order valence-corrected chi connectivity index (χ3v) is 4.03. The summed E-state index contributed by atoms with van der Waals surface area (Å²) >= 11 is 1.69. The molecule has 0 fully saturated rings. The standard InChI is InChI=1S/C17H14N2OS/c20-17(19-12-15-4-1-2-10-18-15)14-8-6-13(7-9-14)16-5-3-11-21-16/h1-11H,12H2,(H,19,20). The fraction of sp³-hybridized carbons (Fsp3) is 0.0588. The Labute approximate surface area is 127 Å². The van der Waals surface area contributed by atoms with Gasteiger partial charge in [0, 0.05) is 16.6 Å². The molecule has 21 heavy (non-hydrogen) atoms. The van der Waals surface area contributed by atoms with Gasteiger partial charge in [-0.15, -0.1) is 11.3 Å². The number of hydrogen-bond donors (Lipinski definition) is 1. The molecule has 3 aromatic rings. The van der Waals surface area contributed by atoms with Gasteiger partial charge in [-0.1, -0.05) is 24.3 Å². The maximum Gasteiger partial charge on any atom is 0.251 e. The molecule has 104 valence electrons. The minimum Gasteiger partial charge on any atom is -0.346 e. The molecule has 3 nitrogen and oxygen atoms in total. The Hall–Kier alpha value is -2.46. The van der Waals surface area contributed by atoms with Crippen molar-refractivity contribution in [1.82, 2.24) is 10.3 Å². The van der Waals surface area contributed by atoms with E-state index in [0.717, 1.165) is 11.3 Å². The van der Waals surface area contributed by atoms with Crippen molar-refractivity contribution in [3.63, 3.8) is 0 Å². The molecule has 1 amide bonds. The van der Waals surface area contributed by atoms with Gasteiger partial charge in [0.2, 0.25) is 0 Å². The number of nitrogens with one attached hydrogen (secondary N) is 1. The van der Waals surface area contributed by atoms with Crippen molar-refractivity contribution >= 4 is 17.2 Å². The minimum atomic E-state index is -0.0848. The summed E-state index contributed by atoms with van der Waals surface area (Å²) in [6.45, 7) is 0.437. The Balaban J connectivity index is 1.65. The number of nitrogens with zero attached hydrogens (tertiary/aromatic N) is 1. The molecule has 3 rings (SSSR count). The van der Waals surface area contributed by atoms with Crippen LogP contribution < -0.4 is 5.32 Å². The van der Waals surface area contributed by atoms with Crippen LogP contribution in [-0.4, -0.2) is 10.9 Å². The van der Waals surface area contributed by atoms with E-state index < -0.39 is 0 Å². The van der Waals surface area contributed by atoms with Gasteiger partial charge in [-0.3, -0.25) is 9.78 Å². The molecular weight excluding hydrogens is 280 g/mol. The fourth-order valence-corrected chi connectivity index (χ4v) is 2.74. The van der Waals surface area contributed by atoms with Crippen LogP contribution in [0, 0.1) is 0 Å². The van der Waals surface area contributed by atoms with E-state index in [4.69, 9.17) is 0 Å². The predicted molar refractivity (Wildman–Crippen MR) is 85.2 cm³/mol. The largest absolute Gasteiger partial charge is 0.346 e. The molecule has 0 aliphatic carbocycles. The Morgan fingerprint density at radius 2 is 1.90 bits per heavy atom. The van der Waals surface area contributed by atoms with E-state index in [-0.39, 0.29) is 5.91 Å². The maximum atomic E-state index is 12.1. The first-order valence-electron chi connectivity index (χ1n) is 6.65. The Morgan fingerprint density at radius 3 is 2.57 bits per heavy atom. The number of amides is 1. The summed E-state index contributed by atoms with van der Waals surface area (Å²) in [5.41, 5.74) is 2.64. The molecule has 4 heteroatoms. The third-order valence-electron chi connectivity index (χ3n) is 3.11. The van der Waals surface area contributed by atoms with E-state index in [1.165, 1.54) is 4.88 Å². The Bertz CT molecular complexity index is 706. The van der Waals surface area contributed by atoms with Gasteiger partial charge in [0.1, 0.15) is 0 Å². The SMILES string of the molecule is O=C(NCc1ccccn1)c1ccc(-c2cccs2)cc1. The van der Waals surface area contributed by atoms with Crippen LogP contribution in [0.25, 0.3) is 10.4 Å². The molecule has 0 atom stereocenters. The zero-order valence-electron chi connectivity index (χ0n) is 11.3. The summed E-state index contributed by atoms with van der Waals surface area (Å²) in [5.74, 6) is -0.0848. The van der Waals surface area contributed by atoms with E-state index in [9.17, 15) is 4.79 Å². The van der Waals surface area contributed by atoms with Crippen molar-refractivity contribution in [2.45, 2.75) is 6.54 Å². The summed E-state index contributed by atoms with van der Waals surface area (Å²) in [5, 5.41) is 4.92. The molecule has 2 aromatic heterocycles. The van der Waals surface area contributed by atoms with Gasteiger partial charge in [-0.25, -0.2) is 0 Å². The molecule has 0 aliphatic heterocycles. The van der Waals surface area contributed by atoms with Crippen molar-refractivity contribution in [2.75, 3.05) is 0 Å². The van der Waals surface area contributed by atoms with Crippen molar-refractivity contribution in [3.05, 3.63) is 77.4 Å². The first-order chi connectivity index (χ1) is 10.3. The highest BCUT2D eigenvalue weighted by Crippen LogP contribution is 2.24. The van der Waals surface area contributed by atoms with Crippen LogP contribution in [0.2, 0.25) is 0 Å². The second-order valence-corrected chi connectivity index (χ2v) is 5.51. The van der Waals surface area contributed by atoms with E-state index >= 15 is 0 Å². The van der Waals surface area contributed by atoms with Gasteiger partial charge in [-0.2, -0.15) is 0 Å². The van der Waals surface area contributed by atoms with E-state index in [1.807, 2.05) is 53.9 Å². The van der Waals surface area contributed by atoms with E-state index in [1.54, 1.807) is 17.5 Å². The lowest BCUT2D eigenvalue weighted by Gasteiger charge is -2.05. The molecule has 1 N–H and O–H groups in total. The smallest absolute Gasteiger partial charge is 0.251 e. The number of carbonyl (C=O) groups is 1. The molecule has 0 radical (unpaired) electrons. The molecule has 0 saturated carbocycles. The molecule has 0 unspecified atom stereocenters. The molecule has 0 saturated heterocycles. The van der Waals surface area contributed by atoms with Crippen LogP contribution in [0.1, 0.15) is 16.1 Å². The molecule has 0 aliphatic rings. The number of pyridine rings is 1. The van der Waals surface area contributed by atoms with Crippen molar-refractivity contribution in [3.8, 4) is 10.4 Å². The van der Waals surface area contributed by atoms with E-state index in [2.05, 4.69) is 16.4 Å². The molecule has 0 bridgehead atoms. The second kappa shape index (κ2) is 6.33. The number of carbonyl (C=O) groups excluding carboxylic acids is 1. The normalized spacial score (nSPS) is 10.3. The van der Waals surface area contributed by atoms with Crippen molar-refractivity contribution in [1.29, 1.82) is 0 Å². The molecular formula is C17H14N2OS. The summed E-state index contributed by atoms with van der Waals surface area (Å²) < 4.78 is 0. The van der Waals surface area contributed by atoms with Crippen LogP contribution in [0.5, 0.6) is 0 Å². The average Bonchev–Trinajstić information content (AvgIpc) is 3.08. The van der Waals surface area contributed by atoms with Crippen LogP contribution in [0.15, 0.2) is 66.2 Å². The van der Waals surface area contributed by atoms with Crippen LogP contribution >= 0.6 is 11.3 Å². The molecule has 1 aromatic carbocycles. The highest BCUT2D eigenvalue weighted by atomic mass is 32.1. The monoisotopic (exact) mass is 294 g/mol. The number of aromatic nitrogens is 1. The minimum absolute atomic E-state index is 0.0848. The van der Waals surface area contributed by atoms with Crippen molar-refractivity contribution < 1.29 is 4.79 Å². The van der Waals surface area contributed by atoms with Crippen LogP contribution in [0.3, 0.4) is 0 Å². The van der Waals surface area contributed by atoms with Crippen LogP contribution in [0.4, 0.5) is 0 Å². The van der Waals surface area contributed by atoms with Gasteiger partial charge >= 0.3 is 0 Å². The van der Waals surface area contributed by atoms with Gasteiger partial charge < -0.3 is 5.32 Å². The number of benzene rings is 1. The lowest BCUT2D eigenvalue weighted by Crippen LogP contribution is -2.23. The van der Waals surface area contributed by atoms with E-state index in [0.29, 0.717) is 12.1 Å². The van der Waals surface area contributed by atoms with Gasteiger partial charge in [0.15, 0.2) is 0 Å². The van der Waals surface area contributed by atoms with Gasteiger partial charge in [-0.05, 0) is 41.3 Å². The van der Waals surface area contributed by atoms with Crippen LogP contribution in [-0.2, 0) is 6.54 Å².